The monoisotopic (exact) mass is 360 g/mol. The minimum Gasteiger partial charge on any atom is -0.496 e. The van der Waals surface area contributed by atoms with Crippen molar-refractivity contribution in [3.63, 3.8) is 0 Å². The summed E-state index contributed by atoms with van der Waals surface area (Å²) in [4.78, 5) is 19.0. The van der Waals surface area contributed by atoms with Gasteiger partial charge in [-0.3, -0.25) is 4.79 Å². The van der Waals surface area contributed by atoms with E-state index >= 15 is 0 Å². The molecule has 0 amide bonds. The maximum atomic E-state index is 10.9. The molecular formula is C17H17ClN4O3. The van der Waals surface area contributed by atoms with Crippen LogP contribution < -0.4 is 10.5 Å². The van der Waals surface area contributed by atoms with Crippen molar-refractivity contribution in [2.24, 2.45) is 0 Å². The predicted molar refractivity (Wildman–Crippen MR) is 92.5 cm³/mol. The van der Waals surface area contributed by atoms with Gasteiger partial charge in [0.15, 0.2) is 0 Å². The molecule has 0 aliphatic heterocycles. The van der Waals surface area contributed by atoms with Gasteiger partial charge in [-0.2, -0.15) is 5.26 Å². The average Bonchev–Trinajstić information content (AvgIpc) is 2.56. The molecule has 3 N–H and O–H groups in total. The van der Waals surface area contributed by atoms with E-state index in [0.29, 0.717) is 23.4 Å². The molecule has 1 heterocycles. The van der Waals surface area contributed by atoms with Crippen LogP contribution in [0.1, 0.15) is 28.8 Å². The lowest BCUT2D eigenvalue weighted by molar-refractivity contribution is -0.136. The van der Waals surface area contributed by atoms with Gasteiger partial charge in [-0.1, -0.05) is 23.7 Å². The Balaban J connectivity index is 2.43. The zero-order valence-electron chi connectivity index (χ0n) is 13.6. The highest BCUT2D eigenvalue weighted by Gasteiger charge is 2.16. The number of benzene rings is 1. The summed E-state index contributed by atoms with van der Waals surface area (Å²) in [6.45, 7) is 0. The number of carboxylic acid groups (broad SMARTS) is 1. The number of aromatic nitrogens is 2. The molecule has 0 aliphatic rings. The van der Waals surface area contributed by atoms with Crippen LogP contribution in [-0.2, 0) is 24.1 Å². The van der Waals surface area contributed by atoms with Crippen molar-refractivity contribution in [2.45, 2.75) is 25.7 Å². The van der Waals surface area contributed by atoms with Crippen molar-refractivity contribution in [1.82, 2.24) is 9.97 Å². The van der Waals surface area contributed by atoms with Crippen LogP contribution in [0, 0.1) is 11.3 Å². The Morgan fingerprint density at radius 3 is 2.84 bits per heavy atom. The van der Waals surface area contributed by atoms with Crippen LogP contribution in [0.15, 0.2) is 18.2 Å². The summed E-state index contributed by atoms with van der Waals surface area (Å²) < 4.78 is 5.37. The largest absolute Gasteiger partial charge is 0.496 e. The van der Waals surface area contributed by atoms with Gasteiger partial charge in [0, 0.05) is 18.4 Å². The van der Waals surface area contributed by atoms with Crippen molar-refractivity contribution in [3.05, 3.63) is 45.7 Å². The van der Waals surface area contributed by atoms with Crippen molar-refractivity contribution in [3.8, 4) is 11.8 Å². The van der Waals surface area contributed by atoms with Crippen molar-refractivity contribution >= 4 is 23.5 Å². The summed E-state index contributed by atoms with van der Waals surface area (Å²) in [6.07, 6.45) is 0.716. The summed E-state index contributed by atoms with van der Waals surface area (Å²) in [5.74, 6) is -0.300. The Hall–Kier alpha value is -2.85. The number of nitrogens with two attached hydrogens (primary N) is 1. The van der Waals surface area contributed by atoms with E-state index in [2.05, 4.69) is 16.0 Å². The SMILES string of the molecule is COc1ccc(CC#N)cc1Cc1c(Cl)nc(N)nc1CCC(=O)O. The number of carboxylic acids is 1. The van der Waals surface area contributed by atoms with Crippen LogP contribution in [0.2, 0.25) is 5.15 Å². The molecule has 130 valence electrons. The maximum Gasteiger partial charge on any atom is 0.303 e. The molecular weight excluding hydrogens is 344 g/mol. The molecule has 2 rings (SSSR count). The van der Waals surface area contributed by atoms with Gasteiger partial charge < -0.3 is 15.6 Å². The average molecular weight is 361 g/mol. The second kappa shape index (κ2) is 8.31. The summed E-state index contributed by atoms with van der Waals surface area (Å²) in [5, 5.41) is 18.0. The van der Waals surface area contributed by atoms with E-state index in [0.717, 1.165) is 11.1 Å². The highest BCUT2D eigenvalue weighted by atomic mass is 35.5. The van der Waals surface area contributed by atoms with E-state index in [4.69, 9.17) is 32.4 Å². The minimum absolute atomic E-state index is 0.000616. The minimum atomic E-state index is -0.937. The lowest BCUT2D eigenvalue weighted by Crippen LogP contribution is -2.09. The molecule has 2 aromatic rings. The highest BCUT2D eigenvalue weighted by molar-refractivity contribution is 6.30. The highest BCUT2D eigenvalue weighted by Crippen LogP contribution is 2.28. The molecule has 8 heteroatoms. The number of aliphatic carboxylic acids is 1. The number of aryl methyl sites for hydroxylation is 1. The van der Waals surface area contributed by atoms with Crippen LogP contribution in [0.3, 0.4) is 0 Å². The van der Waals surface area contributed by atoms with Crippen LogP contribution in [0.25, 0.3) is 0 Å². The topological polar surface area (TPSA) is 122 Å². The third-order valence-corrected chi connectivity index (χ3v) is 3.94. The molecule has 7 nitrogen and oxygen atoms in total. The first kappa shape index (κ1) is 18.5. The number of hydrogen-bond donors (Lipinski definition) is 2. The summed E-state index contributed by atoms with van der Waals surface area (Å²) >= 11 is 6.22. The molecule has 0 unspecified atom stereocenters. The van der Waals surface area contributed by atoms with E-state index < -0.39 is 5.97 Å². The van der Waals surface area contributed by atoms with Gasteiger partial charge in [0.25, 0.3) is 0 Å². The fourth-order valence-electron chi connectivity index (χ4n) is 2.49. The maximum absolute atomic E-state index is 10.9. The zero-order chi connectivity index (χ0) is 18.4. The number of nitrogens with zero attached hydrogens (tertiary/aromatic N) is 3. The first-order valence-electron chi connectivity index (χ1n) is 7.50. The fraction of sp³-hybridized carbons (Fsp3) is 0.294. The first-order chi connectivity index (χ1) is 11.9. The number of hydrogen-bond acceptors (Lipinski definition) is 6. The van der Waals surface area contributed by atoms with E-state index in [1.165, 1.54) is 0 Å². The number of rotatable bonds is 7. The number of ether oxygens (including phenoxy) is 1. The quantitative estimate of drug-likeness (QED) is 0.727. The summed E-state index contributed by atoms with van der Waals surface area (Å²) in [7, 11) is 1.55. The summed E-state index contributed by atoms with van der Waals surface area (Å²) in [6, 6.07) is 7.56. The molecule has 0 radical (unpaired) electrons. The van der Waals surface area contributed by atoms with Gasteiger partial charge in [-0.15, -0.1) is 0 Å². The van der Waals surface area contributed by atoms with Crippen LogP contribution >= 0.6 is 11.6 Å². The van der Waals surface area contributed by atoms with Gasteiger partial charge in [0.2, 0.25) is 5.95 Å². The van der Waals surface area contributed by atoms with Gasteiger partial charge >= 0.3 is 5.97 Å². The lowest BCUT2D eigenvalue weighted by atomic mass is 9.99. The Labute approximate surface area is 150 Å². The number of methoxy groups -OCH3 is 1. The molecule has 0 saturated carbocycles. The molecule has 0 aliphatic carbocycles. The third-order valence-electron chi connectivity index (χ3n) is 3.63. The smallest absolute Gasteiger partial charge is 0.303 e. The normalized spacial score (nSPS) is 10.3. The van der Waals surface area contributed by atoms with Crippen molar-refractivity contribution in [2.75, 3.05) is 12.8 Å². The Bertz CT molecular complexity index is 833. The molecule has 0 atom stereocenters. The van der Waals surface area contributed by atoms with Crippen molar-refractivity contribution in [1.29, 1.82) is 5.26 Å². The Kier molecular flexibility index (Phi) is 6.14. The number of carbonyl (C=O) groups is 1. The second-order valence-corrected chi connectivity index (χ2v) is 5.71. The number of nitriles is 1. The third kappa shape index (κ3) is 4.81. The Morgan fingerprint density at radius 1 is 1.44 bits per heavy atom. The molecule has 1 aromatic heterocycles. The predicted octanol–water partition coefficient (Wildman–Crippen LogP) is 2.39. The van der Waals surface area contributed by atoms with E-state index in [9.17, 15) is 4.79 Å². The Morgan fingerprint density at radius 2 is 2.20 bits per heavy atom. The van der Waals surface area contributed by atoms with Gasteiger partial charge in [0.1, 0.15) is 10.9 Å². The molecule has 0 fully saturated rings. The molecule has 0 spiro atoms. The number of anilines is 1. The van der Waals surface area contributed by atoms with Crippen molar-refractivity contribution < 1.29 is 14.6 Å². The van der Waals surface area contributed by atoms with Crippen LogP contribution in [0.4, 0.5) is 5.95 Å². The fourth-order valence-corrected chi connectivity index (χ4v) is 2.75. The lowest BCUT2D eigenvalue weighted by Gasteiger charge is -2.14. The van der Waals surface area contributed by atoms with E-state index in [1.807, 2.05) is 12.1 Å². The van der Waals surface area contributed by atoms with E-state index in [-0.39, 0.29) is 30.4 Å². The standard InChI is InChI=1S/C17H17ClN4O3/c1-25-14-4-2-10(6-7-19)8-11(14)9-12-13(3-5-15(23)24)21-17(20)22-16(12)18/h2,4,8H,3,5-6,9H2,1H3,(H,23,24)(H2,20,21,22). The van der Waals surface area contributed by atoms with Gasteiger partial charge in [-0.25, -0.2) is 9.97 Å². The number of nitrogen functional groups attached to an aromatic ring is 1. The molecule has 1 aromatic carbocycles. The molecule has 0 saturated heterocycles. The summed E-state index contributed by atoms with van der Waals surface area (Å²) in [5.41, 5.74) is 8.38. The number of halogens is 1. The van der Waals surface area contributed by atoms with Gasteiger partial charge in [-0.05, 0) is 17.2 Å². The zero-order valence-corrected chi connectivity index (χ0v) is 14.4. The molecule has 25 heavy (non-hydrogen) atoms. The first-order valence-corrected chi connectivity index (χ1v) is 7.87. The van der Waals surface area contributed by atoms with Gasteiger partial charge in [0.05, 0.1) is 31.7 Å². The van der Waals surface area contributed by atoms with Crippen LogP contribution in [0.5, 0.6) is 5.75 Å². The van der Waals surface area contributed by atoms with E-state index in [1.54, 1.807) is 13.2 Å². The molecule has 0 bridgehead atoms. The second-order valence-electron chi connectivity index (χ2n) is 5.35. The van der Waals surface area contributed by atoms with Crippen LogP contribution in [-0.4, -0.2) is 28.2 Å².